The van der Waals surface area contributed by atoms with Crippen molar-refractivity contribution in [3.05, 3.63) is 47.1 Å². The molecule has 0 unspecified atom stereocenters. The fourth-order valence-electron chi connectivity index (χ4n) is 6.83. The van der Waals surface area contributed by atoms with Crippen LogP contribution in [0.2, 0.25) is 0 Å². The molecule has 2 saturated carbocycles. The van der Waals surface area contributed by atoms with E-state index in [2.05, 4.69) is 26.0 Å². The van der Waals surface area contributed by atoms with Crippen LogP contribution in [0, 0.1) is 11.7 Å². The molecule has 3 N–H and O–H groups in total. The second-order valence-electron chi connectivity index (χ2n) is 13.7. The number of carbonyl (C=O) groups is 4. The van der Waals surface area contributed by atoms with E-state index >= 15 is 4.39 Å². The molecule has 1 saturated heterocycles. The molecule has 0 radical (unpaired) electrons. The van der Waals surface area contributed by atoms with Crippen molar-refractivity contribution in [2.45, 2.75) is 102 Å². The molecular formula is C35H49FN6O5. The summed E-state index contributed by atoms with van der Waals surface area (Å²) in [5.74, 6) is -2.54. The molecule has 0 spiro atoms. The van der Waals surface area contributed by atoms with E-state index in [0.29, 0.717) is 29.9 Å². The van der Waals surface area contributed by atoms with Gasteiger partial charge in [0.25, 0.3) is 5.91 Å². The Labute approximate surface area is 276 Å². The Kier molecular flexibility index (Phi) is 11.0. The highest BCUT2D eigenvalue weighted by atomic mass is 19.1. The standard InChI is InChI=1S/C35H49FN6O5/c1-5-29(43)38-30(33(45)42-18-16-41(4)17-19-42)22(2)24-14-15-28(27(36)20-24)37-34(46)35(3,25-10-8-6-7-9-11-25)39-32(44)26-21-47-40-31(26)23-12-13-23/h14-15,20-23,25,30H,5-13,16-19H2,1-4H3,(H,37,46)(H,38,43)(H,39,44)/t22-,30+,35+/m0/s1. The van der Waals surface area contributed by atoms with Crippen LogP contribution in [0.15, 0.2) is 29.0 Å². The van der Waals surface area contributed by atoms with Gasteiger partial charge in [0.2, 0.25) is 17.7 Å². The number of piperazine rings is 1. The lowest BCUT2D eigenvalue weighted by Gasteiger charge is -2.37. The minimum absolute atomic E-state index is 0.0248. The molecule has 2 aliphatic carbocycles. The third-order valence-electron chi connectivity index (χ3n) is 10.3. The van der Waals surface area contributed by atoms with Crippen LogP contribution in [0.4, 0.5) is 10.1 Å². The lowest BCUT2D eigenvalue weighted by atomic mass is 9.79. The number of amides is 4. The molecule has 256 valence electrons. The van der Waals surface area contributed by atoms with Gasteiger partial charge in [-0.15, -0.1) is 0 Å². The van der Waals surface area contributed by atoms with E-state index in [0.717, 1.165) is 64.5 Å². The molecule has 1 aromatic carbocycles. The SMILES string of the molecule is CCC(=O)N[C@@H](C(=O)N1CCN(C)CC1)[C@@H](C)c1ccc(NC(=O)[C@](C)(NC(=O)c2conc2C2CC2)C2CCCCCC2)c(F)c1. The van der Waals surface area contributed by atoms with Gasteiger partial charge < -0.3 is 30.3 Å². The lowest BCUT2D eigenvalue weighted by Crippen LogP contribution is -2.59. The highest BCUT2D eigenvalue weighted by Gasteiger charge is 2.44. The minimum Gasteiger partial charge on any atom is -0.364 e. The van der Waals surface area contributed by atoms with E-state index in [1.165, 1.54) is 18.4 Å². The van der Waals surface area contributed by atoms with Crippen molar-refractivity contribution in [1.82, 2.24) is 25.6 Å². The Bertz CT molecular complexity index is 1440. The molecule has 5 rings (SSSR count). The zero-order valence-corrected chi connectivity index (χ0v) is 28.1. The summed E-state index contributed by atoms with van der Waals surface area (Å²) >= 11 is 0. The molecule has 12 heteroatoms. The van der Waals surface area contributed by atoms with E-state index in [1.807, 2.05) is 7.05 Å². The van der Waals surface area contributed by atoms with E-state index in [4.69, 9.17) is 4.52 Å². The monoisotopic (exact) mass is 652 g/mol. The van der Waals surface area contributed by atoms with Gasteiger partial charge in [-0.1, -0.05) is 50.8 Å². The smallest absolute Gasteiger partial charge is 0.257 e. The third-order valence-corrected chi connectivity index (χ3v) is 10.3. The molecule has 11 nitrogen and oxygen atoms in total. The van der Waals surface area contributed by atoms with E-state index in [1.54, 1.807) is 31.7 Å². The summed E-state index contributed by atoms with van der Waals surface area (Å²) in [6.45, 7) is 7.81. The highest BCUT2D eigenvalue weighted by molar-refractivity contribution is 6.04. The van der Waals surface area contributed by atoms with Crippen LogP contribution in [-0.2, 0) is 14.4 Å². The summed E-state index contributed by atoms with van der Waals surface area (Å²) in [5, 5.41) is 12.7. The van der Waals surface area contributed by atoms with Crippen molar-refractivity contribution in [2.75, 3.05) is 38.5 Å². The van der Waals surface area contributed by atoms with Crippen LogP contribution < -0.4 is 16.0 Å². The van der Waals surface area contributed by atoms with Crippen molar-refractivity contribution in [3.63, 3.8) is 0 Å². The maximum Gasteiger partial charge on any atom is 0.257 e. The van der Waals surface area contributed by atoms with Gasteiger partial charge in [0.1, 0.15) is 29.2 Å². The number of aromatic nitrogens is 1. The van der Waals surface area contributed by atoms with Crippen molar-refractivity contribution >= 4 is 29.3 Å². The van der Waals surface area contributed by atoms with Crippen molar-refractivity contribution < 1.29 is 28.1 Å². The van der Waals surface area contributed by atoms with Crippen molar-refractivity contribution in [2.24, 2.45) is 5.92 Å². The van der Waals surface area contributed by atoms with Gasteiger partial charge in [0, 0.05) is 44.4 Å². The summed E-state index contributed by atoms with van der Waals surface area (Å²) in [6.07, 6.45) is 8.94. The number of halogens is 1. The summed E-state index contributed by atoms with van der Waals surface area (Å²) < 4.78 is 20.9. The number of likely N-dealkylation sites (N-methyl/N-ethyl adjacent to an activating group) is 1. The van der Waals surface area contributed by atoms with Gasteiger partial charge in [-0.05, 0) is 63.3 Å². The van der Waals surface area contributed by atoms with Gasteiger partial charge in [0.15, 0.2) is 0 Å². The second kappa shape index (κ2) is 15.0. The molecule has 0 bridgehead atoms. The Morgan fingerprint density at radius 3 is 2.34 bits per heavy atom. The van der Waals surface area contributed by atoms with Crippen LogP contribution in [0.3, 0.4) is 0 Å². The summed E-state index contributed by atoms with van der Waals surface area (Å²) in [5.41, 5.74) is 0.122. The van der Waals surface area contributed by atoms with Crippen LogP contribution in [0.1, 0.15) is 112 Å². The fourth-order valence-corrected chi connectivity index (χ4v) is 6.83. The predicted octanol–water partition coefficient (Wildman–Crippen LogP) is 4.56. The highest BCUT2D eigenvalue weighted by Crippen LogP contribution is 2.41. The van der Waals surface area contributed by atoms with Crippen LogP contribution in [0.5, 0.6) is 0 Å². The Morgan fingerprint density at radius 2 is 1.72 bits per heavy atom. The quantitative estimate of drug-likeness (QED) is 0.303. The number of anilines is 1. The van der Waals surface area contributed by atoms with Crippen molar-refractivity contribution in [1.29, 1.82) is 0 Å². The molecule has 3 aliphatic rings. The lowest BCUT2D eigenvalue weighted by molar-refractivity contribution is -0.138. The molecule has 1 aliphatic heterocycles. The summed E-state index contributed by atoms with van der Waals surface area (Å²) in [4.78, 5) is 57.6. The molecule has 47 heavy (non-hydrogen) atoms. The Balaban J connectivity index is 1.35. The fraction of sp³-hybridized carbons (Fsp3) is 0.629. The molecule has 3 fully saturated rings. The maximum atomic E-state index is 15.8. The minimum atomic E-state index is -1.32. The van der Waals surface area contributed by atoms with Crippen LogP contribution in [0.25, 0.3) is 0 Å². The number of hydrogen-bond donors (Lipinski definition) is 3. The zero-order valence-electron chi connectivity index (χ0n) is 28.1. The zero-order chi connectivity index (χ0) is 33.7. The van der Waals surface area contributed by atoms with Crippen LogP contribution in [-0.4, -0.2) is 83.4 Å². The van der Waals surface area contributed by atoms with Crippen molar-refractivity contribution in [3.8, 4) is 0 Å². The number of benzene rings is 1. The predicted molar refractivity (Wildman–Crippen MR) is 175 cm³/mol. The average Bonchev–Trinajstić information content (AvgIpc) is 3.85. The van der Waals surface area contributed by atoms with Gasteiger partial charge in [0.05, 0.1) is 11.4 Å². The van der Waals surface area contributed by atoms with Gasteiger partial charge in [-0.2, -0.15) is 0 Å². The largest absolute Gasteiger partial charge is 0.364 e. The number of nitrogens with one attached hydrogen (secondary N) is 3. The Hall–Kier alpha value is -3.80. The first-order valence-corrected chi connectivity index (χ1v) is 17.2. The number of carbonyl (C=O) groups excluding carboxylic acids is 4. The van der Waals surface area contributed by atoms with E-state index < -0.39 is 35.1 Å². The molecule has 1 aromatic heterocycles. The first kappa shape index (κ1) is 34.5. The molecule has 3 atom stereocenters. The normalized spacial score (nSPS) is 20.4. The first-order valence-electron chi connectivity index (χ1n) is 17.2. The van der Waals surface area contributed by atoms with Crippen LogP contribution >= 0.6 is 0 Å². The number of nitrogens with zero attached hydrogens (tertiary/aromatic N) is 3. The summed E-state index contributed by atoms with van der Waals surface area (Å²) in [6, 6.07) is 3.60. The Morgan fingerprint density at radius 1 is 1.04 bits per heavy atom. The molecule has 2 aromatic rings. The van der Waals surface area contributed by atoms with Gasteiger partial charge in [-0.3, -0.25) is 19.2 Å². The second-order valence-corrected chi connectivity index (χ2v) is 13.7. The number of hydrogen-bond acceptors (Lipinski definition) is 7. The third kappa shape index (κ3) is 8.02. The first-order chi connectivity index (χ1) is 22.5. The van der Waals surface area contributed by atoms with Gasteiger partial charge >= 0.3 is 0 Å². The molecular weight excluding hydrogens is 603 g/mol. The maximum absolute atomic E-state index is 15.8. The molecule has 2 heterocycles. The number of rotatable bonds is 11. The molecule has 4 amide bonds. The van der Waals surface area contributed by atoms with E-state index in [9.17, 15) is 19.2 Å². The average molecular weight is 653 g/mol. The van der Waals surface area contributed by atoms with E-state index in [-0.39, 0.29) is 35.8 Å². The topological polar surface area (TPSA) is 137 Å². The summed E-state index contributed by atoms with van der Waals surface area (Å²) in [7, 11) is 2.00. The van der Waals surface area contributed by atoms with Gasteiger partial charge in [-0.25, -0.2) is 4.39 Å².